The molecular weight excluding hydrogens is 408 g/mol. The predicted molar refractivity (Wildman–Crippen MR) is 121 cm³/mol. The lowest BCUT2D eigenvalue weighted by Gasteiger charge is -2.30. The fourth-order valence-electron chi connectivity index (χ4n) is 3.06. The van der Waals surface area contributed by atoms with Gasteiger partial charge in [0.15, 0.2) is 11.0 Å². The number of nitrogens with zero attached hydrogens (tertiary/aromatic N) is 3. The van der Waals surface area contributed by atoms with E-state index in [1.54, 1.807) is 24.3 Å². The molecule has 0 radical (unpaired) electrons. The Bertz CT molecular complexity index is 940. The Morgan fingerprint density at radius 3 is 2.31 bits per heavy atom. The second-order valence-electron chi connectivity index (χ2n) is 6.39. The third-order valence-corrected chi connectivity index (χ3v) is 5.17. The maximum atomic E-state index is 12.9. The van der Waals surface area contributed by atoms with Gasteiger partial charge in [0, 0.05) is 30.0 Å². The number of nitrogens with one attached hydrogen (secondary N) is 1. The molecule has 1 aliphatic rings. The summed E-state index contributed by atoms with van der Waals surface area (Å²) in [5.74, 6) is -2.02. The number of aliphatic imine (C=N–C) groups is 1. The van der Waals surface area contributed by atoms with Gasteiger partial charge in [-0.15, -0.1) is 0 Å². The van der Waals surface area contributed by atoms with Crippen LogP contribution in [0.5, 0.6) is 0 Å². The molecule has 1 fully saturated rings. The van der Waals surface area contributed by atoms with Gasteiger partial charge in [-0.1, -0.05) is 11.6 Å². The molecule has 8 heteroatoms. The van der Waals surface area contributed by atoms with E-state index in [1.165, 1.54) is 11.1 Å². The predicted octanol–water partition coefficient (Wildman–Crippen LogP) is 3.95. The first-order valence-electron chi connectivity index (χ1n) is 9.28. The van der Waals surface area contributed by atoms with Gasteiger partial charge in [-0.3, -0.25) is 19.5 Å². The molecule has 1 N–H and O–H groups in total. The smallest absolute Gasteiger partial charge is 0.251 e. The number of hydrogen-bond acceptors (Lipinski definition) is 5. The Kier molecular flexibility index (Phi) is 6.61. The minimum Gasteiger partial charge on any atom is -0.372 e. The summed E-state index contributed by atoms with van der Waals surface area (Å²) in [7, 11) is 0. The van der Waals surface area contributed by atoms with Gasteiger partial charge >= 0.3 is 0 Å². The SMILES string of the molecule is CCN(CC)c1ccc(N=C[C@@H]2C(=O)NC(=S)N(c3ccc(Cl)cc3)C2=O)cc1. The number of halogens is 1. The van der Waals surface area contributed by atoms with Crippen LogP contribution < -0.4 is 15.1 Å². The molecule has 3 rings (SSSR count). The summed E-state index contributed by atoms with van der Waals surface area (Å²) < 4.78 is 0. The van der Waals surface area contributed by atoms with Crippen molar-refractivity contribution in [2.24, 2.45) is 10.9 Å². The number of anilines is 2. The Hall–Kier alpha value is -2.77. The monoisotopic (exact) mass is 428 g/mol. The second-order valence-corrected chi connectivity index (χ2v) is 7.21. The van der Waals surface area contributed by atoms with Crippen LogP contribution in [0.25, 0.3) is 0 Å². The Labute approximate surface area is 180 Å². The quantitative estimate of drug-likeness (QED) is 0.430. The van der Waals surface area contributed by atoms with Gasteiger partial charge in [-0.2, -0.15) is 0 Å². The van der Waals surface area contributed by atoms with Gasteiger partial charge in [0.1, 0.15) is 0 Å². The van der Waals surface area contributed by atoms with Crippen LogP contribution in [-0.4, -0.2) is 36.2 Å². The van der Waals surface area contributed by atoms with E-state index in [1.807, 2.05) is 24.3 Å². The number of amides is 2. The van der Waals surface area contributed by atoms with Crippen molar-refractivity contribution in [2.75, 3.05) is 22.9 Å². The molecule has 29 heavy (non-hydrogen) atoms. The molecule has 1 aliphatic heterocycles. The molecule has 1 atom stereocenters. The zero-order chi connectivity index (χ0) is 21.0. The van der Waals surface area contributed by atoms with Crippen LogP contribution in [0, 0.1) is 5.92 Å². The van der Waals surface area contributed by atoms with Gasteiger partial charge in [0.2, 0.25) is 5.91 Å². The second kappa shape index (κ2) is 9.15. The molecule has 0 unspecified atom stereocenters. The van der Waals surface area contributed by atoms with E-state index in [9.17, 15) is 9.59 Å². The molecule has 1 heterocycles. The first-order chi connectivity index (χ1) is 13.9. The Balaban J connectivity index is 1.80. The minimum atomic E-state index is -1.07. The molecule has 2 aromatic rings. The standard InChI is InChI=1S/C21H21ClN4O2S/c1-3-25(4-2)16-11-7-15(8-12-16)23-13-18-19(27)24-21(29)26(20(18)28)17-9-5-14(22)6-10-17/h5-13,18H,3-4H2,1-2H3,(H,24,27,29)/t18-/m1/s1. The van der Waals surface area contributed by atoms with Gasteiger partial charge in [-0.25, -0.2) is 0 Å². The number of carbonyl (C=O) groups excluding carboxylic acids is 2. The zero-order valence-electron chi connectivity index (χ0n) is 16.1. The molecule has 0 bridgehead atoms. The van der Waals surface area contributed by atoms with Crippen LogP contribution in [0.2, 0.25) is 5.02 Å². The highest BCUT2D eigenvalue weighted by Crippen LogP contribution is 2.24. The normalized spacial score (nSPS) is 17.0. The summed E-state index contributed by atoms with van der Waals surface area (Å²) in [6.07, 6.45) is 1.36. The number of hydrogen-bond donors (Lipinski definition) is 1. The molecule has 150 valence electrons. The minimum absolute atomic E-state index is 0.0375. The van der Waals surface area contributed by atoms with E-state index in [0.29, 0.717) is 16.4 Å². The highest BCUT2D eigenvalue weighted by Gasteiger charge is 2.38. The van der Waals surface area contributed by atoms with Crippen LogP contribution in [0.3, 0.4) is 0 Å². The molecule has 2 aromatic carbocycles. The third kappa shape index (κ3) is 4.63. The fourth-order valence-corrected chi connectivity index (χ4v) is 3.48. The molecule has 0 saturated carbocycles. The van der Waals surface area contributed by atoms with Crippen LogP contribution in [0.4, 0.5) is 17.1 Å². The molecule has 0 spiro atoms. The van der Waals surface area contributed by atoms with E-state index in [-0.39, 0.29) is 5.11 Å². The first kappa shape index (κ1) is 21.0. The van der Waals surface area contributed by atoms with Crippen LogP contribution in [-0.2, 0) is 9.59 Å². The van der Waals surface area contributed by atoms with Crippen molar-refractivity contribution in [1.29, 1.82) is 0 Å². The Morgan fingerprint density at radius 1 is 1.10 bits per heavy atom. The summed E-state index contributed by atoms with van der Waals surface area (Å²) >= 11 is 11.1. The van der Waals surface area contributed by atoms with Gasteiger partial charge in [0.05, 0.1) is 11.4 Å². The summed E-state index contributed by atoms with van der Waals surface area (Å²) in [5.41, 5.74) is 2.29. The van der Waals surface area contributed by atoms with Gasteiger partial charge in [-0.05, 0) is 74.6 Å². The van der Waals surface area contributed by atoms with Crippen molar-refractivity contribution in [2.45, 2.75) is 13.8 Å². The number of benzene rings is 2. The summed E-state index contributed by atoms with van der Waals surface area (Å²) in [4.78, 5) is 33.1. The number of rotatable bonds is 6. The largest absolute Gasteiger partial charge is 0.372 e. The van der Waals surface area contributed by atoms with Crippen LogP contribution >= 0.6 is 23.8 Å². The lowest BCUT2D eigenvalue weighted by molar-refractivity contribution is -0.130. The average molecular weight is 429 g/mol. The van der Waals surface area contributed by atoms with Gasteiger partial charge in [0.25, 0.3) is 5.91 Å². The maximum Gasteiger partial charge on any atom is 0.251 e. The van der Waals surface area contributed by atoms with Crippen molar-refractivity contribution in [3.05, 3.63) is 53.6 Å². The molecule has 6 nitrogen and oxygen atoms in total. The lowest BCUT2D eigenvalue weighted by atomic mass is 10.1. The van der Waals surface area contributed by atoms with Crippen molar-refractivity contribution < 1.29 is 9.59 Å². The van der Waals surface area contributed by atoms with Crippen molar-refractivity contribution in [3.8, 4) is 0 Å². The molecule has 2 amide bonds. The highest BCUT2D eigenvalue weighted by molar-refractivity contribution is 7.80. The number of carbonyl (C=O) groups is 2. The van der Waals surface area contributed by atoms with E-state index in [4.69, 9.17) is 23.8 Å². The van der Waals surface area contributed by atoms with E-state index in [0.717, 1.165) is 18.8 Å². The van der Waals surface area contributed by atoms with Crippen molar-refractivity contribution >= 4 is 64.0 Å². The number of thiocarbonyl (C=S) groups is 1. The van der Waals surface area contributed by atoms with Crippen molar-refractivity contribution in [1.82, 2.24) is 5.32 Å². The van der Waals surface area contributed by atoms with E-state index in [2.05, 4.69) is 29.1 Å². The van der Waals surface area contributed by atoms with Crippen molar-refractivity contribution in [3.63, 3.8) is 0 Å². The fraction of sp³-hybridized carbons (Fsp3) is 0.238. The molecule has 0 aliphatic carbocycles. The van der Waals surface area contributed by atoms with E-state index < -0.39 is 17.7 Å². The van der Waals surface area contributed by atoms with E-state index >= 15 is 0 Å². The third-order valence-electron chi connectivity index (χ3n) is 4.64. The molecule has 1 saturated heterocycles. The van der Waals surface area contributed by atoms with Crippen LogP contribution in [0.1, 0.15) is 13.8 Å². The summed E-state index contributed by atoms with van der Waals surface area (Å²) in [5, 5.41) is 3.14. The lowest BCUT2D eigenvalue weighted by Crippen LogP contribution is -2.58. The topological polar surface area (TPSA) is 65.0 Å². The van der Waals surface area contributed by atoms with Gasteiger partial charge < -0.3 is 10.2 Å². The Morgan fingerprint density at radius 2 is 1.72 bits per heavy atom. The van der Waals surface area contributed by atoms with Crippen LogP contribution in [0.15, 0.2) is 53.5 Å². The molecule has 0 aromatic heterocycles. The summed E-state index contributed by atoms with van der Waals surface area (Å²) in [6.45, 7) is 6.02. The first-order valence-corrected chi connectivity index (χ1v) is 10.1. The average Bonchev–Trinajstić information content (AvgIpc) is 2.71. The highest BCUT2D eigenvalue weighted by atomic mass is 35.5. The molecular formula is C21H21ClN4O2S. The maximum absolute atomic E-state index is 12.9. The summed E-state index contributed by atoms with van der Waals surface area (Å²) in [6, 6.07) is 14.3. The zero-order valence-corrected chi connectivity index (χ0v) is 17.7.